The Balaban J connectivity index is 1.64. The molecule has 5 nitrogen and oxygen atoms in total. The summed E-state index contributed by atoms with van der Waals surface area (Å²) in [5.74, 6) is 0.0837. The second-order valence-corrected chi connectivity index (χ2v) is 7.82. The van der Waals surface area contributed by atoms with Crippen molar-refractivity contribution in [3.63, 3.8) is 0 Å². The minimum atomic E-state index is -0.0586. The molecule has 2 atom stereocenters. The van der Waals surface area contributed by atoms with Crippen molar-refractivity contribution in [2.24, 2.45) is 5.92 Å². The van der Waals surface area contributed by atoms with E-state index in [1.165, 1.54) is 5.56 Å². The number of benzene rings is 1. The maximum Gasteiger partial charge on any atom is 0.317 e. The number of hydrogen-bond donors (Lipinski definition) is 2. The molecular weight excluding hydrogens is 338 g/mol. The van der Waals surface area contributed by atoms with Crippen LogP contribution in [0.4, 0.5) is 4.79 Å². The Kier molecular flexibility index (Phi) is 7.55. The maximum atomic E-state index is 13.0. The zero-order valence-electron chi connectivity index (χ0n) is 16.3. The lowest BCUT2D eigenvalue weighted by Crippen LogP contribution is -2.54. The molecule has 0 radical (unpaired) electrons. The van der Waals surface area contributed by atoms with Gasteiger partial charge in [-0.3, -0.25) is 4.79 Å². The summed E-state index contributed by atoms with van der Waals surface area (Å²) in [5, 5.41) is 6.21. The summed E-state index contributed by atoms with van der Waals surface area (Å²) < 4.78 is 0. The SMILES string of the molecule is O=C1NCCCCCCN(C(=O)NCCc2ccccc2)[C@H]2CCCC[C@@H]12. The number of fused-ring (bicyclic) bond motifs is 1. The third kappa shape index (κ3) is 5.72. The van der Waals surface area contributed by atoms with Gasteiger partial charge in [0.1, 0.15) is 0 Å². The molecule has 5 heteroatoms. The van der Waals surface area contributed by atoms with E-state index >= 15 is 0 Å². The van der Waals surface area contributed by atoms with E-state index in [2.05, 4.69) is 22.8 Å². The zero-order valence-corrected chi connectivity index (χ0v) is 16.3. The number of rotatable bonds is 3. The van der Waals surface area contributed by atoms with Crippen molar-refractivity contribution in [3.8, 4) is 0 Å². The lowest BCUT2D eigenvalue weighted by atomic mass is 9.82. The molecule has 0 unspecified atom stereocenters. The number of carbonyl (C=O) groups excluding carboxylic acids is 2. The van der Waals surface area contributed by atoms with Gasteiger partial charge in [-0.15, -0.1) is 0 Å². The van der Waals surface area contributed by atoms with Crippen molar-refractivity contribution in [2.45, 2.75) is 63.8 Å². The molecular formula is C22H33N3O2. The molecule has 0 bridgehead atoms. The first-order valence-electron chi connectivity index (χ1n) is 10.6. The van der Waals surface area contributed by atoms with E-state index < -0.39 is 0 Å². The average Bonchev–Trinajstić information content (AvgIpc) is 2.73. The van der Waals surface area contributed by atoms with Gasteiger partial charge in [-0.05, 0) is 37.7 Å². The van der Waals surface area contributed by atoms with Crippen LogP contribution in [0.1, 0.15) is 56.9 Å². The molecule has 1 heterocycles. The molecule has 1 saturated carbocycles. The fraction of sp³-hybridized carbons (Fsp3) is 0.636. The van der Waals surface area contributed by atoms with Crippen molar-refractivity contribution < 1.29 is 9.59 Å². The van der Waals surface area contributed by atoms with Crippen molar-refractivity contribution >= 4 is 11.9 Å². The minimum absolute atomic E-state index is 0.00474. The highest BCUT2D eigenvalue weighted by atomic mass is 16.2. The van der Waals surface area contributed by atoms with E-state index in [4.69, 9.17) is 0 Å². The lowest BCUT2D eigenvalue weighted by molar-refractivity contribution is -0.127. The van der Waals surface area contributed by atoms with Gasteiger partial charge in [0.25, 0.3) is 0 Å². The van der Waals surface area contributed by atoms with Gasteiger partial charge in [0.05, 0.1) is 5.92 Å². The van der Waals surface area contributed by atoms with Crippen LogP contribution in [0.5, 0.6) is 0 Å². The fourth-order valence-electron chi connectivity index (χ4n) is 4.37. The van der Waals surface area contributed by atoms with Gasteiger partial charge in [0.2, 0.25) is 5.91 Å². The molecule has 0 aromatic heterocycles. The van der Waals surface area contributed by atoms with Crippen molar-refractivity contribution in [1.82, 2.24) is 15.5 Å². The highest BCUT2D eigenvalue weighted by Gasteiger charge is 2.36. The Morgan fingerprint density at radius 3 is 2.67 bits per heavy atom. The van der Waals surface area contributed by atoms with E-state index in [0.29, 0.717) is 6.54 Å². The van der Waals surface area contributed by atoms with E-state index in [0.717, 1.165) is 70.9 Å². The first-order valence-corrected chi connectivity index (χ1v) is 10.6. The fourth-order valence-corrected chi connectivity index (χ4v) is 4.37. The van der Waals surface area contributed by atoms with Crippen LogP contribution < -0.4 is 10.6 Å². The molecule has 3 amide bonds. The molecule has 2 N–H and O–H groups in total. The Hall–Kier alpha value is -2.04. The third-order valence-electron chi connectivity index (χ3n) is 5.89. The number of urea groups is 1. The predicted octanol–water partition coefficient (Wildman–Crippen LogP) is 3.49. The number of nitrogens with zero attached hydrogens (tertiary/aromatic N) is 1. The molecule has 2 fully saturated rings. The first-order chi connectivity index (χ1) is 13.3. The molecule has 27 heavy (non-hydrogen) atoms. The summed E-state index contributed by atoms with van der Waals surface area (Å²) in [5.41, 5.74) is 1.23. The van der Waals surface area contributed by atoms with Crippen LogP contribution in [-0.2, 0) is 11.2 Å². The Morgan fingerprint density at radius 1 is 1.04 bits per heavy atom. The molecule has 1 saturated heterocycles. The molecule has 1 aliphatic heterocycles. The molecule has 3 rings (SSSR count). The molecule has 1 aliphatic carbocycles. The van der Waals surface area contributed by atoms with Crippen molar-refractivity contribution in [2.75, 3.05) is 19.6 Å². The van der Waals surface area contributed by atoms with Gasteiger partial charge >= 0.3 is 6.03 Å². The van der Waals surface area contributed by atoms with E-state index in [1.807, 2.05) is 23.1 Å². The Labute approximate surface area is 162 Å². The lowest BCUT2D eigenvalue weighted by Gasteiger charge is -2.39. The summed E-state index contributed by atoms with van der Waals surface area (Å²) >= 11 is 0. The van der Waals surface area contributed by atoms with Gasteiger partial charge < -0.3 is 15.5 Å². The molecule has 0 spiro atoms. The first kappa shape index (κ1) is 19.7. The van der Waals surface area contributed by atoms with Crippen LogP contribution in [0.25, 0.3) is 0 Å². The summed E-state index contributed by atoms with van der Waals surface area (Å²) in [6.07, 6.45) is 9.11. The summed E-state index contributed by atoms with van der Waals surface area (Å²) in [4.78, 5) is 27.6. The second-order valence-electron chi connectivity index (χ2n) is 7.82. The average molecular weight is 372 g/mol. The number of hydrogen-bond acceptors (Lipinski definition) is 2. The van der Waals surface area contributed by atoms with Gasteiger partial charge in [0.15, 0.2) is 0 Å². The quantitative estimate of drug-likeness (QED) is 0.854. The van der Waals surface area contributed by atoms with Crippen LogP contribution in [0.15, 0.2) is 30.3 Å². The van der Waals surface area contributed by atoms with E-state index in [-0.39, 0.29) is 23.9 Å². The summed E-state index contributed by atoms with van der Waals surface area (Å²) in [6, 6.07) is 10.3. The van der Waals surface area contributed by atoms with Gasteiger partial charge in [0, 0.05) is 25.7 Å². The van der Waals surface area contributed by atoms with E-state index in [1.54, 1.807) is 0 Å². The van der Waals surface area contributed by atoms with Crippen LogP contribution in [0.2, 0.25) is 0 Å². The number of carbonyl (C=O) groups is 2. The molecule has 1 aromatic rings. The molecule has 2 aliphatic rings. The zero-order chi connectivity index (χ0) is 18.9. The minimum Gasteiger partial charge on any atom is -0.356 e. The van der Waals surface area contributed by atoms with E-state index in [9.17, 15) is 9.59 Å². The van der Waals surface area contributed by atoms with Crippen LogP contribution >= 0.6 is 0 Å². The standard InChI is InChI=1S/C22H33N3O2/c26-21-19-12-6-7-13-20(19)25(17-9-2-1-8-15-23-21)22(27)24-16-14-18-10-4-3-5-11-18/h3-5,10-11,19-20H,1-2,6-9,12-17H2,(H,23,26)(H,24,27)/t19-,20+/m1/s1. The van der Waals surface area contributed by atoms with Crippen LogP contribution in [-0.4, -0.2) is 42.5 Å². The van der Waals surface area contributed by atoms with Gasteiger partial charge in [-0.1, -0.05) is 56.0 Å². The summed E-state index contributed by atoms with van der Waals surface area (Å²) in [6.45, 7) is 2.15. The normalized spacial score (nSPS) is 24.3. The van der Waals surface area contributed by atoms with Crippen molar-refractivity contribution in [3.05, 3.63) is 35.9 Å². The van der Waals surface area contributed by atoms with Crippen molar-refractivity contribution in [1.29, 1.82) is 0 Å². The predicted molar refractivity (Wildman–Crippen MR) is 107 cm³/mol. The highest BCUT2D eigenvalue weighted by Crippen LogP contribution is 2.29. The topological polar surface area (TPSA) is 61.4 Å². The second kappa shape index (κ2) is 10.3. The molecule has 148 valence electrons. The monoisotopic (exact) mass is 371 g/mol. The van der Waals surface area contributed by atoms with Crippen LogP contribution in [0, 0.1) is 5.92 Å². The smallest absolute Gasteiger partial charge is 0.317 e. The van der Waals surface area contributed by atoms with Crippen LogP contribution in [0.3, 0.4) is 0 Å². The number of nitrogens with one attached hydrogen (secondary N) is 2. The maximum absolute atomic E-state index is 13.0. The summed E-state index contributed by atoms with van der Waals surface area (Å²) in [7, 11) is 0. The number of amides is 3. The third-order valence-corrected chi connectivity index (χ3v) is 5.89. The van der Waals surface area contributed by atoms with Gasteiger partial charge in [-0.25, -0.2) is 4.79 Å². The van der Waals surface area contributed by atoms with Gasteiger partial charge in [-0.2, -0.15) is 0 Å². The largest absolute Gasteiger partial charge is 0.356 e. The Bertz CT molecular complexity index is 605. The highest BCUT2D eigenvalue weighted by molar-refractivity contribution is 5.81. The Morgan fingerprint density at radius 2 is 1.81 bits per heavy atom. The molecule has 1 aromatic carbocycles.